The summed E-state index contributed by atoms with van der Waals surface area (Å²) in [6.07, 6.45) is 1.93. The van der Waals surface area contributed by atoms with Crippen molar-refractivity contribution in [3.8, 4) is 17.1 Å². The first-order chi connectivity index (χ1) is 19.4. The van der Waals surface area contributed by atoms with Crippen molar-refractivity contribution in [2.45, 2.75) is 32.7 Å². The highest BCUT2D eigenvalue weighted by Crippen LogP contribution is 2.31. The molecular formula is C30H27ClFN5O3. The van der Waals surface area contributed by atoms with Crippen molar-refractivity contribution in [1.82, 2.24) is 19.8 Å². The van der Waals surface area contributed by atoms with Crippen molar-refractivity contribution in [1.29, 1.82) is 0 Å². The number of para-hydroxylation sites is 1. The smallest absolute Gasteiger partial charge is 0.329 e. The third-order valence-corrected chi connectivity index (χ3v) is 7.58. The van der Waals surface area contributed by atoms with Gasteiger partial charge in [-0.1, -0.05) is 54.1 Å². The fourth-order valence-corrected chi connectivity index (χ4v) is 5.41. The molecule has 0 aliphatic carbocycles. The van der Waals surface area contributed by atoms with Crippen LogP contribution in [-0.2, 0) is 38.1 Å². The number of benzene rings is 3. The van der Waals surface area contributed by atoms with Gasteiger partial charge in [-0.3, -0.25) is 19.9 Å². The largest absolute Gasteiger partial charge is 0.484 e. The van der Waals surface area contributed by atoms with E-state index in [9.17, 15) is 14.0 Å². The molecule has 1 aromatic heterocycles. The highest BCUT2D eigenvalue weighted by atomic mass is 35.5. The minimum Gasteiger partial charge on any atom is -0.484 e. The first kappa shape index (κ1) is 26.0. The van der Waals surface area contributed by atoms with E-state index in [0.29, 0.717) is 12.4 Å². The zero-order valence-electron chi connectivity index (χ0n) is 21.9. The van der Waals surface area contributed by atoms with Gasteiger partial charge in [0.05, 0.1) is 11.2 Å². The molecule has 0 unspecified atom stereocenters. The van der Waals surface area contributed by atoms with Gasteiger partial charge in [-0.05, 0) is 40.5 Å². The Hall–Kier alpha value is -4.21. The van der Waals surface area contributed by atoms with Gasteiger partial charge in [0.25, 0.3) is 0 Å². The molecule has 3 aromatic carbocycles. The molecule has 204 valence electrons. The van der Waals surface area contributed by atoms with E-state index in [-0.39, 0.29) is 29.7 Å². The Kier molecular flexibility index (Phi) is 7.00. The normalized spacial score (nSPS) is 15.3. The molecule has 1 saturated heterocycles. The number of nitrogens with zero attached hydrogens (tertiary/aromatic N) is 4. The standard InChI is InChI=1S/C30H27ClFN5O3/c1-35-27(37-12-11-26(38)34-30(37)39)14-33-29(35)21-9-10-22-16-36(17-23(22)13-21)15-19-5-7-20(8-6-19)18-40-28-24(31)3-2-4-25(28)32/h2-10,13-14H,11-12,15-18H2,1H3,(H,34,38,39). The fraction of sp³-hybridized carbons (Fsp3) is 0.233. The molecule has 0 radical (unpaired) electrons. The van der Waals surface area contributed by atoms with Gasteiger partial charge >= 0.3 is 6.03 Å². The minimum atomic E-state index is -0.476. The molecule has 40 heavy (non-hydrogen) atoms. The van der Waals surface area contributed by atoms with E-state index >= 15 is 0 Å². The molecule has 8 nitrogen and oxygen atoms in total. The van der Waals surface area contributed by atoms with E-state index in [1.165, 1.54) is 22.8 Å². The summed E-state index contributed by atoms with van der Waals surface area (Å²) in [5.74, 6) is 0.735. The number of halogens is 2. The third-order valence-electron chi connectivity index (χ3n) is 7.28. The SMILES string of the molecule is Cn1c(N2CCC(=O)NC2=O)cnc1-c1ccc2c(c1)CN(Cc1ccc(COc3c(F)cccc3Cl)cc1)C2. The highest BCUT2D eigenvalue weighted by Gasteiger charge is 2.27. The molecule has 4 aromatic rings. The second-order valence-corrected chi connectivity index (χ2v) is 10.4. The van der Waals surface area contributed by atoms with Crippen molar-refractivity contribution < 1.29 is 18.7 Å². The van der Waals surface area contributed by atoms with Gasteiger partial charge in [-0.2, -0.15) is 0 Å². The number of anilines is 1. The van der Waals surface area contributed by atoms with Crippen LogP contribution in [0, 0.1) is 5.82 Å². The van der Waals surface area contributed by atoms with Crippen LogP contribution in [0.2, 0.25) is 5.02 Å². The molecule has 2 aliphatic rings. The maximum absolute atomic E-state index is 14.0. The quantitative estimate of drug-likeness (QED) is 0.327. The van der Waals surface area contributed by atoms with Crippen LogP contribution >= 0.6 is 11.6 Å². The third kappa shape index (κ3) is 5.17. The molecule has 0 atom stereocenters. The number of nitrogens with one attached hydrogen (secondary N) is 1. The molecule has 3 amide bonds. The first-order valence-corrected chi connectivity index (χ1v) is 13.4. The van der Waals surface area contributed by atoms with E-state index in [2.05, 4.69) is 45.5 Å². The zero-order chi connectivity index (χ0) is 27.8. The Morgan fingerprint density at radius 2 is 1.80 bits per heavy atom. The fourth-order valence-electron chi connectivity index (χ4n) is 5.19. The average Bonchev–Trinajstić information content (AvgIpc) is 3.51. The lowest BCUT2D eigenvalue weighted by Crippen LogP contribution is -2.50. The summed E-state index contributed by atoms with van der Waals surface area (Å²) in [6, 6.07) is 18.5. The molecule has 3 heterocycles. The Morgan fingerprint density at radius 3 is 2.58 bits per heavy atom. The second kappa shape index (κ2) is 10.7. The van der Waals surface area contributed by atoms with Gasteiger partial charge in [-0.25, -0.2) is 14.2 Å². The first-order valence-electron chi connectivity index (χ1n) is 13.0. The summed E-state index contributed by atoms with van der Waals surface area (Å²) in [6.45, 7) is 3.01. The minimum absolute atomic E-state index is 0.0673. The zero-order valence-corrected chi connectivity index (χ0v) is 22.6. The number of hydrogen-bond donors (Lipinski definition) is 1. The molecule has 0 spiro atoms. The van der Waals surface area contributed by atoms with Crippen molar-refractivity contribution in [2.24, 2.45) is 7.05 Å². The average molecular weight is 560 g/mol. The number of ether oxygens (including phenoxy) is 1. The van der Waals surface area contributed by atoms with Crippen LogP contribution in [-0.4, -0.2) is 32.9 Å². The van der Waals surface area contributed by atoms with E-state index in [1.54, 1.807) is 23.2 Å². The van der Waals surface area contributed by atoms with E-state index < -0.39 is 11.8 Å². The Morgan fingerprint density at radius 1 is 1.02 bits per heavy atom. The number of fused-ring (bicyclic) bond motifs is 1. The molecule has 0 saturated carbocycles. The van der Waals surface area contributed by atoms with Crippen LogP contribution in [0.15, 0.2) is 66.9 Å². The van der Waals surface area contributed by atoms with E-state index in [0.717, 1.165) is 36.6 Å². The number of urea groups is 1. The molecule has 1 fully saturated rings. The highest BCUT2D eigenvalue weighted by molar-refractivity contribution is 6.32. The maximum Gasteiger partial charge on any atom is 0.329 e. The molecule has 1 N–H and O–H groups in total. The molecule has 0 bridgehead atoms. The number of amides is 3. The van der Waals surface area contributed by atoms with Gasteiger partial charge < -0.3 is 9.30 Å². The van der Waals surface area contributed by atoms with Gasteiger partial charge in [0.2, 0.25) is 5.91 Å². The Labute approximate surface area is 235 Å². The summed E-state index contributed by atoms with van der Waals surface area (Å²) in [5.41, 5.74) is 5.60. The van der Waals surface area contributed by atoms with E-state index in [1.807, 2.05) is 23.7 Å². The van der Waals surface area contributed by atoms with Gasteiger partial charge in [0, 0.05) is 45.2 Å². The van der Waals surface area contributed by atoms with Crippen LogP contribution in [0.3, 0.4) is 0 Å². The Balaban J connectivity index is 1.09. The van der Waals surface area contributed by atoms with Crippen LogP contribution in [0.5, 0.6) is 5.75 Å². The van der Waals surface area contributed by atoms with Crippen molar-refractivity contribution in [3.05, 3.63) is 100.0 Å². The molecular weight excluding hydrogens is 533 g/mol. The summed E-state index contributed by atoms with van der Waals surface area (Å²) in [7, 11) is 1.88. The lowest BCUT2D eigenvalue weighted by Gasteiger charge is -2.26. The van der Waals surface area contributed by atoms with Crippen LogP contribution in [0.4, 0.5) is 15.0 Å². The van der Waals surface area contributed by atoms with Gasteiger partial charge in [0.1, 0.15) is 18.2 Å². The van der Waals surface area contributed by atoms with Gasteiger partial charge in [0.15, 0.2) is 11.6 Å². The number of hydrogen-bond acceptors (Lipinski definition) is 5. The van der Waals surface area contributed by atoms with Crippen molar-refractivity contribution in [3.63, 3.8) is 0 Å². The number of carbonyl (C=O) groups is 2. The summed E-state index contributed by atoms with van der Waals surface area (Å²) < 4.78 is 21.5. The van der Waals surface area contributed by atoms with Crippen LogP contribution in [0.1, 0.15) is 28.7 Å². The molecule has 2 aliphatic heterocycles. The lowest BCUT2D eigenvalue weighted by molar-refractivity contribution is -0.120. The lowest BCUT2D eigenvalue weighted by atomic mass is 10.1. The summed E-state index contributed by atoms with van der Waals surface area (Å²) in [4.78, 5) is 32.3. The number of aromatic nitrogens is 2. The van der Waals surface area contributed by atoms with Crippen LogP contribution < -0.4 is 15.0 Å². The van der Waals surface area contributed by atoms with Gasteiger partial charge in [-0.15, -0.1) is 0 Å². The predicted octanol–water partition coefficient (Wildman–Crippen LogP) is 5.42. The second-order valence-electron chi connectivity index (χ2n) is 10.0. The topological polar surface area (TPSA) is 79.7 Å². The molecule has 10 heteroatoms. The molecule has 6 rings (SSSR count). The maximum atomic E-state index is 14.0. The summed E-state index contributed by atoms with van der Waals surface area (Å²) in [5, 5.41) is 2.61. The monoisotopic (exact) mass is 559 g/mol. The van der Waals surface area contributed by atoms with Crippen molar-refractivity contribution in [2.75, 3.05) is 11.4 Å². The number of imide groups is 1. The number of carbonyl (C=O) groups excluding carboxylic acids is 2. The van der Waals surface area contributed by atoms with E-state index in [4.69, 9.17) is 16.3 Å². The Bertz CT molecular complexity index is 1580. The summed E-state index contributed by atoms with van der Waals surface area (Å²) >= 11 is 6.05. The number of imidazole rings is 1. The van der Waals surface area contributed by atoms with Crippen molar-refractivity contribution >= 4 is 29.4 Å². The van der Waals surface area contributed by atoms with Crippen LogP contribution in [0.25, 0.3) is 11.4 Å². The number of rotatable bonds is 7. The predicted molar refractivity (Wildman–Crippen MR) is 149 cm³/mol.